The largest absolute Gasteiger partial charge is 0.491 e. The highest BCUT2D eigenvalue weighted by Gasteiger charge is 2.09. The zero-order chi connectivity index (χ0) is 14.1. The molecule has 1 aromatic rings. The van der Waals surface area contributed by atoms with Crippen LogP contribution in [0.2, 0.25) is 0 Å². The van der Waals surface area contributed by atoms with E-state index in [9.17, 15) is 5.11 Å². The van der Waals surface area contributed by atoms with Gasteiger partial charge < -0.3 is 20.3 Å². The summed E-state index contributed by atoms with van der Waals surface area (Å²) in [5.74, 6) is 0.562. The highest BCUT2D eigenvalue weighted by Crippen LogP contribution is 2.12. The molecule has 5 heteroatoms. The fraction of sp³-hybridized carbons (Fsp3) is 0.500. The summed E-state index contributed by atoms with van der Waals surface area (Å²) in [5.41, 5.74) is 0.524. The minimum absolute atomic E-state index is 0.00318. The molecule has 3 N–H and O–H groups in total. The molecule has 2 unspecified atom stereocenters. The quantitative estimate of drug-likeness (QED) is 0.642. The molecule has 104 valence electrons. The maximum Gasteiger partial charge on any atom is 0.120 e. The molecule has 19 heavy (non-hydrogen) atoms. The molecule has 0 radical (unpaired) electrons. The Labute approximate surface area is 113 Å². The van der Waals surface area contributed by atoms with Crippen LogP contribution in [0.5, 0.6) is 5.75 Å². The maximum atomic E-state index is 9.74. The summed E-state index contributed by atoms with van der Waals surface area (Å²) in [5, 5.41) is 30.5. The van der Waals surface area contributed by atoms with Crippen LogP contribution in [0, 0.1) is 11.3 Å². The monoisotopic (exact) mass is 264 g/mol. The minimum Gasteiger partial charge on any atom is -0.491 e. The molecule has 0 fully saturated rings. The number of aliphatic hydroxyl groups excluding tert-OH is 2. The van der Waals surface area contributed by atoms with E-state index in [2.05, 4.69) is 5.32 Å². The number of hydrogen-bond acceptors (Lipinski definition) is 5. The van der Waals surface area contributed by atoms with Crippen molar-refractivity contribution in [3.8, 4) is 11.8 Å². The van der Waals surface area contributed by atoms with Gasteiger partial charge in [-0.15, -0.1) is 0 Å². The molecule has 0 bridgehead atoms. The molecule has 0 amide bonds. The van der Waals surface area contributed by atoms with Crippen molar-refractivity contribution in [2.75, 3.05) is 19.8 Å². The van der Waals surface area contributed by atoms with Gasteiger partial charge in [-0.05, 0) is 24.6 Å². The van der Waals surface area contributed by atoms with Crippen LogP contribution in [0.25, 0.3) is 0 Å². The summed E-state index contributed by atoms with van der Waals surface area (Å²) in [6.45, 7) is 2.51. The van der Waals surface area contributed by atoms with Crippen LogP contribution in [0.3, 0.4) is 0 Å². The summed E-state index contributed by atoms with van der Waals surface area (Å²) < 4.78 is 5.41. The highest BCUT2D eigenvalue weighted by atomic mass is 16.5. The molecular weight excluding hydrogens is 244 g/mol. The molecule has 5 nitrogen and oxygen atoms in total. The van der Waals surface area contributed by atoms with Crippen molar-refractivity contribution < 1.29 is 14.9 Å². The van der Waals surface area contributed by atoms with Gasteiger partial charge in [0.2, 0.25) is 0 Å². The van der Waals surface area contributed by atoms with E-state index in [4.69, 9.17) is 15.1 Å². The zero-order valence-electron chi connectivity index (χ0n) is 11.0. The van der Waals surface area contributed by atoms with Crippen molar-refractivity contribution in [1.82, 2.24) is 5.32 Å². The van der Waals surface area contributed by atoms with Gasteiger partial charge in [0.1, 0.15) is 18.5 Å². The van der Waals surface area contributed by atoms with Crippen molar-refractivity contribution in [2.24, 2.45) is 0 Å². The van der Waals surface area contributed by atoms with Crippen LogP contribution >= 0.6 is 0 Å². The van der Waals surface area contributed by atoms with E-state index in [-0.39, 0.29) is 19.3 Å². The molecule has 0 saturated heterocycles. The predicted molar refractivity (Wildman–Crippen MR) is 71.8 cm³/mol. The first kappa shape index (κ1) is 15.4. The van der Waals surface area contributed by atoms with Gasteiger partial charge in [-0.1, -0.05) is 13.0 Å². The van der Waals surface area contributed by atoms with Gasteiger partial charge in [-0.3, -0.25) is 0 Å². The normalized spacial score (nSPS) is 13.6. The number of aliphatic hydroxyl groups is 2. The molecule has 0 aromatic heterocycles. The molecule has 0 aliphatic rings. The molecule has 0 spiro atoms. The Bertz CT molecular complexity index is 413. The molecule has 2 atom stereocenters. The van der Waals surface area contributed by atoms with E-state index < -0.39 is 6.10 Å². The Kier molecular flexibility index (Phi) is 6.90. The van der Waals surface area contributed by atoms with E-state index in [1.54, 1.807) is 24.3 Å². The lowest BCUT2D eigenvalue weighted by Crippen LogP contribution is -2.39. The molecular formula is C14H20N2O3. The van der Waals surface area contributed by atoms with E-state index >= 15 is 0 Å². The van der Waals surface area contributed by atoms with Crippen molar-refractivity contribution in [3.63, 3.8) is 0 Å². The number of nitrogens with one attached hydrogen (secondary N) is 1. The van der Waals surface area contributed by atoms with Gasteiger partial charge in [0, 0.05) is 12.6 Å². The summed E-state index contributed by atoms with van der Waals surface area (Å²) in [6.07, 6.45) is 0.139. The molecule has 0 aliphatic carbocycles. The van der Waals surface area contributed by atoms with E-state index in [0.29, 0.717) is 17.9 Å². The summed E-state index contributed by atoms with van der Waals surface area (Å²) in [7, 11) is 0. The van der Waals surface area contributed by atoms with Gasteiger partial charge in [0.15, 0.2) is 0 Å². The first-order valence-electron chi connectivity index (χ1n) is 6.34. The highest BCUT2D eigenvalue weighted by molar-refractivity contribution is 5.36. The third kappa shape index (κ3) is 5.71. The summed E-state index contributed by atoms with van der Waals surface area (Å²) >= 11 is 0. The predicted octanol–water partition coefficient (Wildman–Crippen LogP) is 0.658. The van der Waals surface area contributed by atoms with Crippen LogP contribution in [-0.4, -0.2) is 42.1 Å². The average molecular weight is 264 g/mol. The van der Waals surface area contributed by atoms with Crippen LogP contribution < -0.4 is 10.1 Å². The maximum absolute atomic E-state index is 9.74. The first-order valence-corrected chi connectivity index (χ1v) is 6.34. The topological polar surface area (TPSA) is 85.5 Å². The Hall–Kier alpha value is -1.61. The smallest absolute Gasteiger partial charge is 0.120 e. The number of benzene rings is 1. The number of rotatable bonds is 8. The summed E-state index contributed by atoms with van der Waals surface area (Å²) in [4.78, 5) is 0. The fourth-order valence-corrected chi connectivity index (χ4v) is 1.55. The second-order valence-electron chi connectivity index (χ2n) is 4.30. The van der Waals surface area contributed by atoms with Gasteiger partial charge in [-0.2, -0.15) is 5.26 Å². The lowest BCUT2D eigenvalue weighted by atomic mass is 10.2. The summed E-state index contributed by atoms with van der Waals surface area (Å²) in [6, 6.07) is 8.82. The fourth-order valence-electron chi connectivity index (χ4n) is 1.55. The Morgan fingerprint density at radius 2 is 2.26 bits per heavy atom. The second-order valence-corrected chi connectivity index (χ2v) is 4.30. The lowest BCUT2D eigenvalue weighted by Gasteiger charge is -2.17. The van der Waals surface area contributed by atoms with Crippen LogP contribution in [-0.2, 0) is 0 Å². The molecule has 0 saturated carbocycles. The number of hydrogen-bond donors (Lipinski definition) is 3. The van der Waals surface area contributed by atoms with E-state index in [1.165, 1.54) is 0 Å². The van der Waals surface area contributed by atoms with Crippen molar-refractivity contribution >= 4 is 0 Å². The second kappa shape index (κ2) is 8.48. The van der Waals surface area contributed by atoms with Crippen LogP contribution in [0.15, 0.2) is 24.3 Å². The standard InChI is InChI=1S/C14H20N2O3/c1-2-12(9-17)16-8-13(18)10-19-14-5-3-4-11(6-14)7-15/h3-6,12-13,16-18H,2,8-10H2,1H3. The zero-order valence-corrected chi connectivity index (χ0v) is 11.0. The number of ether oxygens (including phenoxy) is 1. The SMILES string of the molecule is CCC(CO)NCC(O)COc1cccc(C#N)c1. The molecule has 0 aliphatic heterocycles. The van der Waals surface area contributed by atoms with Gasteiger partial charge in [0.05, 0.1) is 18.2 Å². The first-order chi connectivity index (χ1) is 9.19. The molecule has 0 heterocycles. The average Bonchev–Trinajstić information content (AvgIpc) is 2.46. The van der Waals surface area contributed by atoms with E-state index in [0.717, 1.165) is 6.42 Å². The minimum atomic E-state index is -0.661. The van der Waals surface area contributed by atoms with Gasteiger partial charge >= 0.3 is 0 Å². The Morgan fingerprint density at radius 1 is 1.47 bits per heavy atom. The lowest BCUT2D eigenvalue weighted by molar-refractivity contribution is 0.0995. The van der Waals surface area contributed by atoms with Crippen LogP contribution in [0.1, 0.15) is 18.9 Å². The molecule has 1 aromatic carbocycles. The van der Waals surface area contributed by atoms with Crippen molar-refractivity contribution in [1.29, 1.82) is 5.26 Å². The van der Waals surface area contributed by atoms with Crippen LogP contribution in [0.4, 0.5) is 0 Å². The van der Waals surface area contributed by atoms with Crippen molar-refractivity contribution in [2.45, 2.75) is 25.5 Å². The molecule has 1 rings (SSSR count). The van der Waals surface area contributed by atoms with Gasteiger partial charge in [-0.25, -0.2) is 0 Å². The Balaban J connectivity index is 2.33. The number of nitriles is 1. The third-order valence-electron chi connectivity index (χ3n) is 2.76. The van der Waals surface area contributed by atoms with Gasteiger partial charge in [0.25, 0.3) is 0 Å². The third-order valence-corrected chi connectivity index (χ3v) is 2.76. The van der Waals surface area contributed by atoms with E-state index in [1.807, 2.05) is 13.0 Å². The Morgan fingerprint density at radius 3 is 2.89 bits per heavy atom. The number of nitrogens with zero attached hydrogens (tertiary/aromatic N) is 1. The van der Waals surface area contributed by atoms with Crippen molar-refractivity contribution in [3.05, 3.63) is 29.8 Å².